The van der Waals surface area contributed by atoms with E-state index < -0.39 is 15.8 Å². The molecule has 1 unspecified atom stereocenters. The molecule has 0 aromatic heterocycles. The van der Waals surface area contributed by atoms with Crippen molar-refractivity contribution in [3.05, 3.63) is 59.4 Å². The second-order valence-corrected chi connectivity index (χ2v) is 8.95. The van der Waals surface area contributed by atoms with Gasteiger partial charge in [0.25, 0.3) is 10.0 Å². The monoisotopic (exact) mass is 361 g/mol. The van der Waals surface area contributed by atoms with E-state index in [9.17, 15) is 12.8 Å². The van der Waals surface area contributed by atoms with Crippen LogP contribution in [0, 0.1) is 12.7 Å². The van der Waals surface area contributed by atoms with Crippen LogP contribution in [0.4, 0.5) is 10.1 Å². The van der Waals surface area contributed by atoms with Crippen molar-refractivity contribution >= 4 is 15.7 Å². The summed E-state index contributed by atoms with van der Waals surface area (Å²) in [6.45, 7) is 3.82. The van der Waals surface area contributed by atoms with Gasteiger partial charge in [-0.05, 0) is 30.7 Å². The van der Waals surface area contributed by atoms with Crippen LogP contribution in [0.5, 0.6) is 0 Å². The topological polar surface area (TPSA) is 41.8 Å². The average molecular weight is 361 g/mol. The number of quaternary nitrogens is 1. The van der Waals surface area contributed by atoms with Crippen LogP contribution in [0.15, 0.2) is 47.4 Å². The lowest BCUT2D eigenvalue weighted by atomic mass is 9.89. The number of hydrogen-bond donors (Lipinski definition) is 1. The molecule has 132 valence electrons. The van der Waals surface area contributed by atoms with Gasteiger partial charge in [-0.3, -0.25) is 4.31 Å². The average Bonchev–Trinajstić information content (AvgIpc) is 2.89. The molecule has 0 radical (unpaired) electrons. The third-order valence-corrected chi connectivity index (χ3v) is 7.27. The van der Waals surface area contributed by atoms with Crippen LogP contribution in [0.3, 0.4) is 0 Å². The molecule has 4 nitrogen and oxygen atoms in total. The Balaban J connectivity index is 1.89. The van der Waals surface area contributed by atoms with E-state index in [1.165, 1.54) is 27.4 Å². The van der Waals surface area contributed by atoms with Gasteiger partial charge in [0.05, 0.1) is 37.8 Å². The first-order chi connectivity index (χ1) is 11.9. The Bertz CT molecular complexity index is 929. The minimum absolute atomic E-state index is 0.134. The Kier molecular flexibility index (Phi) is 3.85. The highest BCUT2D eigenvalue weighted by Crippen LogP contribution is 2.45. The van der Waals surface area contributed by atoms with Gasteiger partial charge < -0.3 is 4.90 Å². The van der Waals surface area contributed by atoms with Gasteiger partial charge in [-0.2, -0.15) is 0 Å². The van der Waals surface area contributed by atoms with Crippen LogP contribution in [0.1, 0.15) is 23.5 Å². The Morgan fingerprint density at radius 2 is 1.96 bits per heavy atom. The number of fused-ring (bicyclic) bond motifs is 3. The molecule has 6 heteroatoms. The minimum Gasteiger partial charge on any atom is -0.337 e. The van der Waals surface area contributed by atoms with E-state index in [1.807, 2.05) is 19.1 Å². The number of piperidine rings is 1. The molecular weight excluding hydrogens is 339 g/mol. The number of likely N-dealkylation sites (tertiary alicyclic amines) is 1. The maximum absolute atomic E-state index is 14.3. The molecule has 0 amide bonds. The number of halogens is 1. The standard InChI is InChI=1S/C19H21FN2O2S/c1-13-7-8-17-14(11-13)15-12-21(2)10-9-18(15)22(17)25(23,24)19-6-4-3-5-16(19)20/h3-8,11,15,18H,9-10,12H2,1-2H3/p+1/t15-,18-/m0/s1. The van der Waals surface area contributed by atoms with Crippen molar-refractivity contribution in [3.63, 3.8) is 0 Å². The van der Waals surface area contributed by atoms with Gasteiger partial charge in [0.1, 0.15) is 10.7 Å². The summed E-state index contributed by atoms with van der Waals surface area (Å²) in [7, 11) is -1.80. The van der Waals surface area contributed by atoms with Gasteiger partial charge in [0.15, 0.2) is 0 Å². The highest BCUT2D eigenvalue weighted by atomic mass is 32.2. The normalized spacial score (nSPS) is 25.6. The minimum atomic E-state index is -3.93. The van der Waals surface area contributed by atoms with Gasteiger partial charge in [0.2, 0.25) is 0 Å². The third-order valence-electron chi connectivity index (χ3n) is 5.39. The maximum Gasteiger partial charge on any atom is 0.267 e. The maximum atomic E-state index is 14.3. The van der Waals surface area contributed by atoms with Gasteiger partial charge in [0, 0.05) is 6.42 Å². The lowest BCUT2D eigenvalue weighted by Crippen LogP contribution is -3.11. The fourth-order valence-corrected chi connectivity index (χ4v) is 6.04. The SMILES string of the molecule is Cc1ccc2c(c1)[C@@H]1C[NH+](C)CC[C@@H]1N2S(=O)(=O)c1ccccc1F. The summed E-state index contributed by atoms with van der Waals surface area (Å²) in [6, 6.07) is 11.4. The van der Waals surface area contributed by atoms with Crippen LogP contribution >= 0.6 is 0 Å². The molecule has 4 rings (SSSR count). The van der Waals surface area contributed by atoms with Gasteiger partial charge in [-0.1, -0.05) is 29.8 Å². The molecule has 25 heavy (non-hydrogen) atoms. The van der Waals surface area contributed by atoms with Crippen LogP contribution in [0.2, 0.25) is 0 Å². The first kappa shape index (κ1) is 16.5. The largest absolute Gasteiger partial charge is 0.337 e. The van der Waals surface area contributed by atoms with E-state index in [0.29, 0.717) is 5.69 Å². The molecule has 1 fully saturated rings. The molecule has 1 saturated heterocycles. The van der Waals surface area contributed by atoms with E-state index in [1.54, 1.807) is 6.07 Å². The molecule has 0 saturated carbocycles. The summed E-state index contributed by atoms with van der Waals surface area (Å²) in [5.41, 5.74) is 2.90. The zero-order valence-electron chi connectivity index (χ0n) is 14.4. The Hall–Kier alpha value is -1.92. The number of nitrogens with one attached hydrogen (secondary N) is 1. The molecule has 2 aromatic rings. The molecule has 2 heterocycles. The van der Waals surface area contributed by atoms with E-state index in [4.69, 9.17) is 0 Å². The highest BCUT2D eigenvalue weighted by molar-refractivity contribution is 7.92. The molecule has 2 aliphatic rings. The number of anilines is 1. The Morgan fingerprint density at radius 3 is 2.72 bits per heavy atom. The number of nitrogens with zero attached hydrogens (tertiary/aromatic N) is 1. The zero-order valence-corrected chi connectivity index (χ0v) is 15.2. The number of hydrogen-bond acceptors (Lipinski definition) is 2. The summed E-state index contributed by atoms with van der Waals surface area (Å²) < 4.78 is 42.4. The molecule has 0 spiro atoms. The molecule has 2 aliphatic heterocycles. The Morgan fingerprint density at radius 1 is 1.20 bits per heavy atom. The first-order valence-electron chi connectivity index (χ1n) is 8.60. The van der Waals surface area contributed by atoms with E-state index in [-0.39, 0.29) is 16.9 Å². The molecule has 0 bridgehead atoms. The van der Waals surface area contributed by atoms with Gasteiger partial charge >= 0.3 is 0 Å². The van der Waals surface area contributed by atoms with Crippen molar-refractivity contribution in [2.75, 3.05) is 24.4 Å². The zero-order chi connectivity index (χ0) is 17.8. The summed E-state index contributed by atoms with van der Waals surface area (Å²) in [5, 5.41) is 0. The number of rotatable bonds is 2. The summed E-state index contributed by atoms with van der Waals surface area (Å²) in [6.07, 6.45) is 0.776. The Labute approximate surface area is 147 Å². The predicted octanol–water partition coefficient (Wildman–Crippen LogP) is 1.71. The molecule has 0 aliphatic carbocycles. The van der Waals surface area contributed by atoms with Crippen molar-refractivity contribution in [2.45, 2.75) is 30.2 Å². The fraction of sp³-hybridized carbons (Fsp3) is 0.368. The highest BCUT2D eigenvalue weighted by Gasteiger charge is 2.48. The predicted molar refractivity (Wildman–Crippen MR) is 95.0 cm³/mol. The molecule has 1 N–H and O–H groups in total. The summed E-state index contributed by atoms with van der Waals surface area (Å²) in [4.78, 5) is 1.16. The van der Waals surface area contributed by atoms with Gasteiger partial charge in [-0.25, -0.2) is 12.8 Å². The quantitative estimate of drug-likeness (QED) is 0.885. The van der Waals surface area contributed by atoms with E-state index >= 15 is 0 Å². The summed E-state index contributed by atoms with van der Waals surface area (Å²) in [5.74, 6) is -0.539. The third kappa shape index (κ3) is 2.55. The molecular formula is C19H22FN2O2S+. The number of sulfonamides is 1. The number of aryl methyl sites for hydroxylation is 1. The van der Waals surface area contributed by atoms with Crippen molar-refractivity contribution in [3.8, 4) is 0 Å². The van der Waals surface area contributed by atoms with Crippen molar-refractivity contribution in [2.24, 2.45) is 0 Å². The van der Waals surface area contributed by atoms with Gasteiger partial charge in [-0.15, -0.1) is 0 Å². The molecule has 2 aromatic carbocycles. The second-order valence-electron chi connectivity index (χ2n) is 7.17. The van der Waals surface area contributed by atoms with Crippen molar-refractivity contribution in [1.82, 2.24) is 0 Å². The van der Waals surface area contributed by atoms with E-state index in [0.717, 1.165) is 30.6 Å². The summed E-state index contributed by atoms with van der Waals surface area (Å²) >= 11 is 0. The smallest absolute Gasteiger partial charge is 0.267 e. The van der Waals surface area contributed by atoms with Crippen LogP contribution in [-0.2, 0) is 10.0 Å². The van der Waals surface area contributed by atoms with Crippen molar-refractivity contribution < 1.29 is 17.7 Å². The van der Waals surface area contributed by atoms with E-state index in [2.05, 4.69) is 13.1 Å². The fourth-order valence-electron chi connectivity index (χ4n) is 4.22. The van der Waals surface area contributed by atoms with Crippen LogP contribution in [0.25, 0.3) is 0 Å². The van der Waals surface area contributed by atoms with Crippen LogP contribution < -0.4 is 9.21 Å². The lowest BCUT2D eigenvalue weighted by Gasteiger charge is -2.34. The number of benzene rings is 2. The lowest BCUT2D eigenvalue weighted by molar-refractivity contribution is -0.886. The van der Waals surface area contributed by atoms with Crippen LogP contribution in [-0.4, -0.2) is 34.6 Å². The number of likely N-dealkylation sites (N-methyl/N-ethyl adjacent to an activating group) is 1. The second kappa shape index (κ2) is 5.81. The molecule has 3 atom stereocenters. The van der Waals surface area contributed by atoms with Crippen molar-refractivity contribution in [1.29, 1.82) is 0 Å². The first-order valence-corrected chi connectivity index (χ1v) is 10.0.